The lowest BCUT2D eigenvalue weighted by atomic mass is 9.79. The van der Waals surface area contributed by atoms with Gasteiger partial charge in [0.1, 0.15) is 0 Å². The summed E-state index contributed by atoms with van der Waals surface area (Å²) in [5, 5.41) is 12.8. The van der Waals surface area contributed by atoms with Crippen molar-refractivity contribution >= 4 is 53.9 Å². The van der Waals surface area contributed by atoms with E-state index in [2.05, 4.69) is 196 Å². The Labute approximate surface area is 309 Å². The molecule has 248 valence electrons. The second-order valence-electron chi connectivity index (χ2n) is 15.2. The van der Waals surface area contributed by atoms with E-state index in [0.717, 1.165) is 0 Å². The summed E-state index contributed by atoms with van der Waals surface area (Å²) in [4.78, 5) is 0. The third-order valence-corrected chi connectivity index (χ3v) is 12.0. The molecule has 0 nitrogen and oxygen atoms in total. The molecule has 0 saturated carbocycles. The van der Waals surface area contributed by atoms with E-state index in [1.165, 1.54) is 109 Å². The van der Waals surface area contributed by atoms with Crippen LogP contribution < -0.4 is 0 Å². The van der Waals surface area contributed by atoms with Gasteiger partial charge in [0, 0.05) is 5.41 Å². The van der Waals surface area contributed by atoms with Crippen LogP contribution in [-0.2, 0) is 5.41 Å². The predicted octanol–water partition coefficient (Wildman–Crippen LogP) is 14.8. The van der Waals surface area contributed by atoms with Crippen LogP contribution in [0.5, 0.6) is 0 Å². The smallest absolute Gasteiger partial charge is 0.0165 e. The Morgan fingerprint density at radius 3 is 1.58 bits per heavy atom. The van der Waals surface area contributed by atoms with Crippen molar-refractivity contribution in [2.75, 3.05) is 0 Å². The van der Waals surface area contributed by atoms with Gasteiger partial charge in [-0.25, -0.2) is 0 Å². The number of fused-ring (bicyclic) bond motifs is 9. The van der Waals surface area contributed by atoms with Crippen LogP contribution in [0, 0.1) is 0 Å². The van der Waals surface area contributed by atoms with E-state index >= 15 is 0 Å². The van der Waals surface area contributed by atoms with Crippen LogP contribution in [0.2, 0.25) is 0 Å². The van der Waals surface area contributed by atoms with Crippen molar-refractivity contribution in [2.45, 2.75) is 19.3 Å². The Bertz CT molecular complexity index is 3080. The molecule has 0 bridgehead atoms. The van der Waals surface area contributed by atoms with Crippen molar-refractivity contribution in [3.63, 3.8) is 0 Å². The molecule has 0 aliphatic heterocycles. The van der Waals surface area contributed by atoms with Crippen molar-refractivity contribution in [1.82, 2.24) is 0 Å². The fourth-order valence-electron chi connectivity index (χ4n) is 9.65. The standard InChI is InChI=1S/C53H36/c1-53(2)49-24-10-9-16-41(49)48-30-29-40-39(21-12-23-47(40)52(48)53)36-27-25-35-32-37(28-26-34(35)31-36)50-43-17-5-7-19-45(43)51(46-20-8-6-18-44(46)50)42-22-11-14-33-13-3-4-15-38(33)42/h3-32H,1-2H3. The summed E-state index contributed by atoms with van der Waals surface area (Å²) in [7, 11) is 0. The van der Waals surface area contributed by atoms with Crippen LogP contribution in [0.25, 0.3) is 98.4 Å². The first-order valence-electron chi connectivity index (χ1n) is 18.7. The summed E-state index contributed by atoms with van der Waals surface area (Å²) in [6.07, 6.45) is 0. The van der Waals surface area contributed by atoms with Gasteiger partial charge in [-0.05, 0) is 122 Å². The fraction of sp³-hybridized carbons (Fsp3) is 0.0566. The minimum absolute atomic E-state index is 0.0503. The molecule has 0 spiro atoms. The quantitative estimate of drug-likeness (QED) is 0.164. The first-order chi connectivity index (χ1) is 26.1. The van der Waals surface area contributed by atoms with Crippen LogP contribution in [-0.4, -0.2) is 0 Å². The van der Waals surface area contributed by atoms with Crippen LogP contribution in [0.4, 0.5) is 0 Å². The van der Waals surface area contributed by atoms with Crippen molar-refractivity contribution in [2.24, 2.45) is 0 Å². The van der Waals surface area contributed by atoms with E-state index in [9.17, 15) is 0 Å². The molecular weight excluding hydrogens is 637 g/mol. The average molecular weight is 673 g/mol. The van der Waals surface area contributed by atoms with Gasteiger partial charge in [0.2, 0.25) is 0 Å². The summed E-state index contributed by atoms with van der Waals surface area (Å²) in [5.41, 5.74) is 13.2. The maximum atomic E-state index is 2.39. The number of hydrogen-bond acceptors (Lipinski definition) is 0. The van der Waals surface area contributed by atoms with Gasteiger partial charge in [-0.15, -0.1) is 0 Å². The van der Waals surface area contributed by atoms with E-state index in [0.29, 0.717) is 0 Å². The second kappa shape index (κ2) is 11.2. The Morgan fingerprint density at radius 1 is 0.302 bits per heavy atom. The maximum Gasteiger partial charge on any atom is 0.0165 e. The van der Waals surface area contributed by atoms with E-state index in [4.69, 9.17) is 0 Å². The first-order valence-corrected chi connectivity index (χ1v) is 18.7. The normalized spacial score (nSPS) is 13.2. The molecule has 0 heteroatoms. The second-order valence-corrected chi connectivity index (χ2v) is 15.2. The highest BCUT2D eigenvalue weighted by atomic mass is 14.4. The van der Waals surface area contributed by atoms with Crippen LogP contribution in [0.3, 0.4) is 0 Å². The lowest BCUT2D eigenvalue weighted by Crippen LogP contribution is -2.15. The highest BCUT2D eigenvalue weighted by molar-refractivity contribution is 6.23. The third kappa shape index (κ3) is 4.36. The SMILES string of the molecule is CC1(C)c2ccccc2-c2ccc3c(-c4ccc5cc(-c6c7ccccc7c(-c7cccc8ccccc78)c7ccccc67)ccc5c4)cccc3c21. The van der Waals surface area contributed by atoms with Gasteiger partial charge in [0.05, 0.1) is 0 Å². The zero-order valence-electron chi connectivity index (χ0n) is 29.8. The van der Waals surface area contributed by atoms with Gasteiger partial charge >= 0.3 is 0 Å². The summed E-state index contributed by atoms with van der Waals surface area (Å²) >= 11 is 0. The highest BCUT2D eigenvalue weighted by Crippen LogP contribution is 2.52. The minimum Gasteiger partial charge on any atom is -0.0619 e. The molecule has 10 aromatic rings. The summed E-state index contributed by atoms with van der Waals surface area (Å²) < 4.78 is 0. The number of benzene rings is 10. The lowest BCUT2D eigenvalue weighted by molar-refractivity contribution is 0.666. The van der Waals surface area contributed by atoms with Gasteiger partial charge in [-0.1, -0.05) is 184 Å². The van der Waals surface area contributed by atoms with Gasteiger partial charge in [0.25, 0.3) is 0 Å². The predicted molar refractivity (Wildman–Crippen MR) is 228 cm³/mol. The van der Waals surface area contributed by atoms with Crippen LogP contribution in [0.1, 0.15) is 25.0 Å². The minimum atomic E-state index is -0.0503. The summed E-state index contributed by atoms with van der Waals surface area (Å²) in [5.74, 6) is 0. The molecule has 0 heterocycles. The van der Waals surface area contributed by atoms with Gasteiger partial charge in [-0.2, -0.15) is 0 Å². The molecular formula is C53H36. The number of rotatable bonds is 3. The zero-order valence-corrected chi connectivity index (χ0v) is 29.8. The Kier molecular flexibility index (Phi) is 6.40. The average Bonchev–Trinajstić information content (AvgIpc) is 3.45. The molecule has 53 heavy (non-hydrogen) atoms. The van der Waals surface area contributed by atoms with Gasteiger partial charge in [-0.3, -0.25) is 0 Å². The van der Waals surface area contributed by atoms with Crippen molar-refractivity contribution in [3.05, 3.63) is 193 Å². The van der Waals surface area contributed by atoms with E-state index in [-0.39, 0.29) is 5.41 Å². The Hall–Kier alpha value is -6.50. The Morgan fingerprint density at radius 2 is 0.830 bits per heavy atom. The summed E-state index contributed by atoms with van der Waals surface area (Å²) in [6.45, 7) is 4.75. The Balaban J connectivity index is 1.07. The highest BCUT2D eigenvalue weighted by Gasteiger charge is 2.36. The molecule has 1 aliphatic rings. The summed E-state index contributed by atoms with van der Waals surface area (Å²) in [6, 6.07) is 67.8. The van der Waals surface area contributed by atoms with Crippen LogP contribution >= 0.6 is 0 Å². The van der Waals surface area contributed by atoms with E-state index in [1.54, 1.807) is 0 Å². The molecule has 1 aliphatic carbocycles. The molecule has 0 fully saturated rings. The molecule has 0 unspecified atom stereocenters. The topological polar surface area (TPSA) is 0 Å². The third-order valence-electron chi connectivity index (χ3n) is 12.0. The lowest BCUT2D eigenvalue weighted by Gasteiger charge is -2.23. The monoisotopic (exact) mass is 672 g/mol. The molecule has 0 saturated heterocycles. The first kappa shape index (κ1) is 30.2. The molecule has 0 aromatic heterocycles. The van der Waals surface area contributed by atoms with Crippen LogP contribution in [0.15, 0.2) is 182 Å². The molecule has 0 amide bonds. The molecule has 0 radical (unpaired) electrons. The molecule has 0 atom stereocenters. The number of hydrogen-bond donors (Lipinski definition) is 0. The van der Waals surface area contributed by atoms with E-state index in [1.807, 2.05) is 0 Å². The van der Waals surface area contributed by atoms with Crippen molar-refractivity contribution in [3.8, 4) is 44.5 Å². The van der Waals surface area contributed by atoms with Gasteiger partial charge < -0.3 is 0 Å². The van der Waals surface area contributed by atoms with Crippen molar-refractivity contribution < 1.29 is 0 Å². The van der Waals surface area contributed by atoms with Gasteiger partial charge in [0.15, 0.2) is 0 Å². The van der Waals surface area contributed by atoms with Crippen molar-refractivity contribution in [1.29, 1.82) is 0 Å². The zero-order chi connectivity index (χ0) is 35.3. The fourth-order valence-corrected chi connectivity index (χ4v) is 9.65. The molecule has 11 rings (SSSR count). The molecule has 0 N–H and O–H groups in total. The molecule has 10 aromatic carbocycles. The largest absolute Gasteiger partial charge is 0.0619 e. The maximum absolute atomic E-state index is 2.39. The van der Waals surface area contributed by atoms with E-state index < -0.39 is 0 Å².